The normalized spacial score (nSPS) is 10.5. The molecule has 0 N–H and O–H groups in total. The van der Waals surface area contributed by atoms with Gasteiger partial charge in [0.2, 0.25) is 0 Å². The number of hydrogen-bond donors (Lipinski definition) is 0. The van der Waals surface area contributed by atoms with E-state index in [-0.39, 0.29) is 0 Å². The van der Waals surface area contributed by atoms with Crippen LogP contribution in [0.15, 0.2) is 24.5 Å². The van der Waals surface area contributed by atoms with Crippen molar-refractivity contribution in [3.63, 3.8) is 0 Å². The first-order chi connectivity index (χ1) is 5.83. The highest BCUT2D eigenvalue weighted by molar-refractivity contribution is 5.82. The van der Waals surface area contributed by atoms with E-state index in [4.69, 9.17) is 4.74 Å². The van der Waals surface area contributed by atoms with Crippen molar-refractivity contribution in [2.75, 3.05) is 7.11 Å². The fourth-order valence-electron chi connectivity index (χ4n) is 1.32. The molecular formula is C9H10N2O. The second kappa shape index (κ2) is 2.52. The highest BCUT2D eigenvalue weighted by atomic mass is 16.5. The maximum Gasteiger partial charge on any atom is 0.143 e. The highest BCUT2D eigenvalue weighted by Crippen LogP contribution is 2.23. The summed E-state index contributed by atoms with van der Waals surface area (Å²) in [7, 11) is 3.64. The number of aryl methyl sites for hydroxylation is 1. The first kappa shape index (κ1) is 7.16. The lowest BCUT2D eigenvalue weighted by Crippen LogP contribution is -1.89. The van der Waals surface area contributed by atoms with Gasteiger partial charge >= 0.3 is 0 Å². The molecule has 0 aliphatic carbocycles. The summed E-state index contributed by atoms with van der Waals surface area (Å²) in [5.41, 5.74) is 0.953. The van der Waals surface area contributed by atoms with Crippen LogP contribution in [0.2, 0.25) is 0 Å². The van der Waals surface area contributed by atoms with Crippen LogP contribution in [0.5, 0.6) is 5.75 Å². The molecule has 0 aromatic carbocycles. The van der Waals surface area contributed by atoms with Gasteiger partial charge in [0.15, 0.2) is 0 Å². The van der Waals surface area contributed by atoms with Gasteiger partial charge in [0.1, 0.15) is 11.4 Å². The molecule has 0 saturated heterocycles. The number of methoxy groups -OCH3 is 1. The van der Waals surface area contributed by atoms with Crippen LogP contribution in [0.4, 0.5) is 0 Å². The number of nitrogens with zero attached hydrogens (tertiary/aromatic N) is 2. The zero-order chi connectivity index (χ0) is 8.55. The largest absolute Gasteiger partial charge is 0.496 e. The van der Waals surface area contributed by atoms with Gasteiger partial charge in [-0.3, -0.25) is 0 Å². The van der Waals surface area contributed by atoms with Crippen molar-refractivity contribution in [1.29, 1.82) is 0 Å². The Kier molecular flexibility index (Phi) is 1.50. The Morgan fingerprint density at radius 2 is 2.25 bits per heavy atom. The van der Waals surface area contributed by atoms with Crippen LogP contribution in [0, 0.1) is 0 Å². The Bertz CT molecular complexity index is 406. The van der Waals surface area contributed by atoms with E-state index >= 15 is 0 Å². The zero-order valence-electron chi connectivity index (χ0n) is 7.11. The van der Waals surface area contributed by atoms with Crippen LogP contribution in [0.3, 0.4) is 0 Å². The summed E-state index contributed by atoms with van der Waals surface area (Å²) < 4.78 is 7.16. The molecule has 62 valence electrons. The molecule has 0 saturated carbocycles. The van der Waals surface area contributed by atoms with Crippen molar-refractivity contribution in [1.82, 2.24) is 9.55 Å². The van der Waals surface area contributed by atoms with E-state index in [0.717, 1.165) is 16.8 Å². The summed E-state index contributed by atoms with van der Waals surface area (Å²) in [6.45, 7) is 0. The number of pyridine rings is 1. The SMILES string of the molecule is COc1ccnc2c1ccn2C. The topological polar surface area (TPSA) is 27.1 Å². The maximum absolute atomic E-state index is 5.19. The predicted molar refractivity (Wildman–Crippen MR) is 47.3 cm³/mol. The van der Waals surface area contributed by atoms with Crippen LogP contribution in [0.25, 0.3) is 11.0 Å². The van der Waals surface area contributed by atoms with Crippen molar-refractivity contribution in [3.05, 3.63) is 24.5 Å². The second-order valence-corrected chi connectivity index (χ2v) is 2.68. The van der Waals surface area contributed by atoms with Gasteiger partial charge in [-0.25, -0.2) is 4.98 Å². The van der Waals surface area contributed by atoms with Crippen LogP contribution in [-0.2, 0) is 7.05 Å². The molecule has 2 aromatic rings. The molecule has 0 bridgehead atoms. The van der Waals surface area contributed by atoms with Gasteiger partial charge in [-0.15, -0.1) is 0 Å². The minimum Gasteiger partial charge on any atom is -0.496 e. The third-order valence-corrected chi connectivity index (χ3v) is 1.95. The van der Waals surface area contributed by atoms with E-state index in [1.54, 1.807) is 13.3 Å². The van der Waals surface area contributed by atoms with Crippen molar-refractivity contribution < 1.29 is 4.74 Å². The fraction of sp³-hybridized carbons (Fsp3) is 0.222. The molecule has 2 rings (SSSR count). The third-order valence-electron chi connectivity index (χ3n) is 1.95. The van der Waals surface area contributed by atoms with Crippen molar-refractivity contribution in [2.45, 2.75) is 0 Å². The molecule has 0 spiro atoms. The standard InChI is InChI=1S/C9H10N2O/c1-11-6-4-7-8(12-2)3-5-10-9(7)11/h3-6H,1-2H3. The first-order valence-corrected chi connectivity index (χ1v) is 3.77. The Labute approximate surface area is 70.6 Å². The minimum atomic E-state index is 0.876. The smallest absolute Gasteiger partial charge is 0.143 e. The monoisotopic (exact) mass is 162 g/mol. The summed E-state index contributed by atoms with van der Waals surface area (Å²) in [5, 5.41) is 1.06. The molecule has 3 heteroatoms. The van der Waals surface area contributed by atoms with Gasteiger partial charge in [-0.1, -0.05) is 0 Å². The lowest BCUT2D eigenvalue weighted by molar-refractivity contribution is 0.419. The van der Waals surface area contributed by atoms with E-state index < -0.39 is 0 Å². The summed E-state index contributed by atoms with van der Waals surface area (Å²) in [4.78, 5) is 4.23. The molecule has 2 heterocycles. The first-order valence-electron chi connectivity index (χ1n) is 3.77. The Morgan fingerprint density at radius 3 is 3.00 bits per heavy atom. The molecule has 0 amide bonds. The molecule has 0 atom stereocenters. The number of aromatic nitrogens is 2. The summed E-state index contributed by atoms with van der Waals surface area (Å²) in [6, 6.07) is 3.86. The van der Waals surface area contributed by atoms with Gasteiger partial charge in [-0.05, 0) is 12.1 Å². The predicted octanol–water partition coefficient (Wildman–Crippen LogP) is 1.58. The Balaban J connectivity index is 2.81. The Hall–Kier alpha value is -1.51. The minimum absolute atomic E-state index is 0.876. The summed E-state index contributed by atoms with van der Waals surface area (Å²) in [5.74, 6) is 0.876. The van der Waals surface area contributed by atoms with E-state index in [9.17, 15) is 0 Å². The fourth-order valence-corrected chi connectivity index (χ4v) is 1.32. The second-order valence-electron chi connectivity index (χ2n) is 2.68. The maximum atomic E-state index is 5.19. The third kappa shape index (κ3) is 0.863. The molecule has 0 radical (unpaired) electrons. The van der Waals surface area contributed by atoms with Crippen LogP contribution >= 0.6 is 0 Å². The zero-order valence-corrected chi connectivity index (χ0v) is 7.11. The quantitative estimate of drug-likeness (QED) is 0.636. The van der Waals surface area contributed by atoms with Gasteiger partial charge in [0.25, 0.3) is 0 Å². The molecule has 0 fully saturated rings. The van der Waals surface area contributed by atoms with Crippen LogP contribution < -0.4 is 4.74 Å². The average Bonchev–Trinajstić information content (AvgIpc) is 2.48. The van der Waals surface area contributed by atoms with Crippen molar-refractivity contribution >= 4 is 11.0 Å². The number of rotatable bonds is 1. The lowest BCUT2D eigenvalue weighted by atomic mass is 10.3. The number of fused-ring (bicyclic) bond motifs is 1. The van der Waals surface area contributed by atoms with Crippen molar-refractivity contribution in [3.8, 4) is 5.75 Å². The molecular weight excluding hydrogens is 152 g/mol. The molecule has 12 heavy (non-hydrogen) atoms. The molecule has 2 aromatic heterocycles. The van der Waals surface area contributed by atoms with Crippen LogP contribution in [0.1, 0.15) is 0 Å². The number of hydrogen-bond acceptors (Lipinski definition) is 2. The van der Waals surface area contributed by atoms with Crippen LogP contribution in [-0.4, -0.2) is 16.7 Å². The van der Waals surface area contributed by atoms with E-state index in [2.05, 4.69) is 4.98 Å². The highest BCUT2D eigenvalue weighted by Gasteiger charge is 2.03. The summed E-state index contributed by atoms with van der Waals surface area (Å²) >= 11 is 0. The summed E-state index contributed by atoms with van der Waals surface area (Å²) in [6.07, 6.45) is 3.72. The number of ether oxygens (including phenoxy) is 1. The van der Waals surface area contributed by atoms with Gasteiger partial charge in [-0.2, -0.15) is 0 Å². The molecule has 0 unspecified atom stereocenters. The molecule has 0 aliphatic heterocycles. The van der Waals surface area contributed by atoms with Crippen molar-refractivity contribution in [2.24, 2.45) is 7.05 Å². The van der Waals surface area contributed by atoms with E-state index in [0.29, 0.717) is 0 Å². The van der Waals surface area contributed by atoms with E-state index in [1.807, 2.05) is 29.9 Å². The van der Waals surface area contributed by atoms with Gasteiger partial charge in [0, 0.05) is 19.4 Å². The average molecular weight is 162 g/mol. The molecule has 3 nitrogen and oxygen atoms in total. The Morgan fingerprint density at radius 1 is 1.42 bits per heavy atom. The van der Waals surface area contributed by atoms with Gasteiger partial charge in [0.05, 0.1) is 12.5 Å². The molecule has 0 aliphatic rings. The van der Waals surface area contributed by atoms with Gasteiger partial charge < -0.3 is 9.30 Å². The lowest BCUT2D eigenvalue weighted by Gasteiger charge is -2.00. The van der Waals surface area contributed by atoms with E-state index in [1.165, 1.54) is 0 Å².